The third kappa shape index (κ3) is 3.32. The molecule has 100 valence electrons. The molecule has 0 spiro atoms. The molecule has 1 atom stereocenters. The zero-order valence-electron chi connectivity index (χ0n) is 11.0. The van der Waals surface area contributed by atoms with Gasteiger partial charge in [-0.3, -0.25) is 4.98 Å². The maximum absolute atomic E-state index is 9.25. The van der Waals surface area contributed by atoms with Crippen molar-refractivity contribution >= 4 is 11.6 Å². The zero-order valence-corrected chi connectivity index (χ0v) is 11.0. The monoisotopic (exact) mass is 250 g/mol. The summed E-state index contributed by atoms with van der Waals surface area (Å²) in [6.07, 6.45) is 6.85. The average molecular weight is 250 g/mol. The standard InChI is InChI=1S/C13H22N4O/c1-2-5-15-12-7-14-8-13(16-12)17-6-3-4-11(9-17)10-18/h7-8,11,18H,2-6,9-10H2,1H3,(H,15,16). The van der Waals surface area contributed by atoms with Crippen LogP contribution in [-0.4, -0.2) is 41.3 Å². The van der Waals surface area contributed by atoms with Gasteiger partial charge in [0.1, 0.15) is 11.6 Å². The topological polar surface area (TPSA) is 61.3 Å². The molecule has 1 aromatic heterocycles. The highest BCUT2D eigenvalue weighted by Gasteiger charge is 2.20. The van der Waals surface area contributed by atoms with E-state index in [1.54, 1.807) is 12.4 Å². The van der Waals surface area contributed by atoms with Crippen LogP contribution < -0.4 is 10.2 Å². The molecule has 2 rings (SSSR count). The lowest BCUT2D eigenvalue weighted by Gasteiger charge is -2.32. The van der Waals surface area contributed by atoms with E-state index >= 15 is 0 Å². The second-order valence-electron chi connectivity index (χ2n) is 4.83. The Morgan fingerprint density at radius 1 is 1.50 bits per heavy atom. The maximum Gasteiger partial charge on any atom is 0.149 e. The number of aliphatic hydroxyl groups is 1. The van der Waals surface area contributed by atoms with Crippen molar-refractivity contribution in [1.29, 1.82) is 0 Å². The number of anilines is 2. The normalized spacial score (nSPS) is 19.9. The molecule has 1 unspecified atom stereocenters. The summed E-state index contributed by atoms with van der Waals surface area (Å²) in [4.78, 5) is 11.0. The number of piperidine rings is 1. The van der Waals surface area contributed by atoms with Gasteiger partial charge in [0.15, 0.2) is 0 Å². The van der Waals surface area contributed by atoms with Gasteiger partial charge in [-0.1, -0.05) is 6.92 Å². The van der Waals surface area contributed by atoms with Crippen molar-refractivity contribution in [3.8, 4) is 0 Å². The minimum absolute atomic E-state index is 0.262. The summed E-state index contributed by atoms with van der Waals surface area (Å²) < 4.78 is 0. The van der Waals surface area contributed by atoms with E-state index in [2.05, 4.69) is 27.1 Å². The summed E-state index contributed by atoms with van der Waals surface area (Å²) in [5.74, 6) is 2.11. The Morgan fingerprint density at radius 2 is 2.39 bits per heavy atom. The van der Waals surface area contributed by atoms with Crippen LogP contribution in [0.5, 0.6) is 0 Å². The van der Waals surface area contributed by atoms with Gasteiger partial charge in [0.2, 0.25) is 0 Å². The second kappa shape index (κ2) is 6.54. The number of nitrogens with one attached hydrogen (secondary N) is 1. The van der Waals surface area contributed by atoms with E-state index in [0.717, 1.165) is 50.5 Å². The lowest BCUT2D eigenvalue weighted by Crippen LogP contribution is -2.37. The van der Waals surface area contributed by atoms with Crippen molar-refractivity contribution in [3.63, 3.8) is 0 Å². The quantitative estimate of drug-likeness (QED) is 0.829. The molecule has 2 N–H and O–H groups in total. The van der Waals surface area contributed by atoms with Crippen LogP contribution in [-0.2, 0) is 0 Å². The van der Waals surface area contributed by atoms with Gasteiger partial charge in [0.25, 0.3) is 0 Å². The molecule has 5 nitrogen and oxygen atoms in total. The molecule has 1 aliphatic heterocycles. The van der Waals surface area contributed by atoms with Gasteiger partial charge >= 0.3 is 0 Å². The Balaban J connectivity index is 2.02. The molecule has 2 heterocycles. The van der Waals surface area contributed by atoms with E-state index in [0.29, 0.717) is 5.92 Å². The SMILES string of the molecule is CCCNc1cncc(N2CCCC(CO)C2)n1. The Labute approximate surface area is 108 Å². The minimum Gasteiger partial charge on any atom is -0.396 e. The first-order chi connectivity index (χ1) is 8.83. The van der Waals surface area contributed by atoms with E-state index in [-0.39, 0.29) is 6.61 Å². The minimum atomic E-state index is 0.262. The molecule has 0 radical (unpaired) electrons. The molecule has 0 amide bonds. The number of hydrogen-bond acceptors (Lipinski definition) is 5. The van der Waals surface area contributed by atoms with E-state index in [1.807, 2.05) is 0 Å². The smallest absolute Gasteiger partial charge is 0.149 e. The number of aliphatic hydroxyl groups excluding tert-OH is 1. The molecule has 0 aromatic carbocycles. The zero-order chi connectivity index (χ0) is 12.8. The molecule has 0 saturated carbocycles. The number of rotatable bonds is 5. The van der Waals surface area contributed by atoms with E-state index in [9.17, 15) is 5.11 Å². The molecule has 1 aliphatic rings. The fraction of sp³-hybridized carbons (Fsp3) is 0.692. The second-order valence-corrected chi connectivity index (χ2v) is 4.83. The molecule has 18 heavy (non-hydrogen) atoms. The first-order valence-corrected chi connectivity index (χ1v) is 6.75. The number of nitrogens with zero attached hydrogens (tertiary/aromatic N) is 3. The molecule has 1 fully saturated rings. The maximum atomic E-state index is 9.25. The Hall–Kier alpha value is -1.36. The van der Waals surface area contributed by atoms with Crippen molar-refractivity contribution in [2.45, 2.75) is 26.2 Å². The predicted molar refractivity (Wildman–Crippen MR) is 72.8 cm³/mol. The summed E-state index contributed by atoms with van der Waals surface area (Å²) in [5, 5.41) is 12.5. The van der Waals surface area contributed by atoms with E-state index in [4.69, 9.17) is 0 Å². The van der Waals surface area contributed by atoms with Gasteiger partial charge < -0.3 is 15.3 Å². The van der Waals surface area contributed by atoms with Gasteiger partial charge in [-0.05, 0) is 25.2 Å². The molecular weight excluding hydrogens is 228 g/mol. The van der Waals surface area contributed by atoms with Gasteiger partial charge in [0, 0.05) is 26.2 Å². The summed E-state index contributed by atoms with van der Waals surface area (Å²) >= 11 is 0. The lowest BCUT2D eigenvalue weighted by molar-refractivity contribution is 0.208. The largest absolute Gasteiger partial charge is 0.396 e. The van der Waals surface area contributed by atoms with Crippen LogP contribution in [0.1, 0.15) is 26.2 Å². The van der Waals surface area contributed by atoms with Crippen LogP contribution in [0.4, 0.5) is 11.6 Å². The highest BCUT2D eigenvalue weighted by atomic mass is 16.3. The van der Waals surface area contributed by atoms with Crippen molar-refractivity contribution < 1.29 is 5.11 Å². The Kier molecular flexibility index (Phi) is 4.75. The highest BCUT2D eigenvalue weighted by molar-refractivity contribution is 5.44. The summed E-state index contributed by atoms with van der Waals surface area (Å²) in [6, 6.07) is 0. The summed E-state index contributed by atoms with van der Waals surface area (Å²) in [6.45, 7) is 5.18. The van der Waals surface area contributed by atoms with E-state index in [1.165, 1.54) is 0 Å². The van der Waals surface area contributed by atoms with Gasteiger partial charge in [-0.2, -0.15) is 0 Å². The number of hydrogen-bond donors (Lipinski definition) is 2. The molecule has 0 bridgehead atoms. The third-order valence-corrected chi connectivity index (χ3v) is 3.28. The molecule has 1 aromatic rings. The first-order valence-electron chi connectivity index (χ1n) is 6.75. The van der Waals surface area contributed by atoms with Crippen molar-refractivity contribution in [1.82, 2.24) is 9.97 Å². The molecular formula is C13H22N4O. The Bertz CT molecular complexity index is 372. The number of aromatic nitrogens is 2. The molecule has 1 saturated heterocycles. The fourth-order valence-electron chi connectivity index (χ4n) is 2.27. The first kappa shape index (κ1) is 13.1. The van der Waals surface area contributed by atoms with Crippen molar-refractivity contribution in [3.05, 3.63) is 12.4 Å². The molecule has 0 aliphatic carbocycles. The van der Waals surface area contributed by atoms with Gasteiger partial charge in [-0.15, -0.1) is 0 Å². The summed E-state index contributed by atoms with van der Waals surface area (Å²) in [7, 11) is 0. The lowest BCUT2D eigenvalue weighted by atomic mass is 9.99. The summed E-state index contributed by atoms with van der Waals surface area (Å²) in [5.41, 5.74) is 0. The van der Waals surface area contributed by atoms with Crippen LogP contribution in [0.15, 0.2) is 12.4 Å². The highest BCUT2D eigenvalue weighted by Crippen LogP contribution is 2.21. The van der Waals surface area contributed by atoms with Crippen LogP contribution in [0.3, 0.4) is 0 Å². The van der Waals surface area contributed by atoms with Gasteiger partial charge in [0.05, 0.1) is 12.4 Å². The van der Waals surface area contributed by atoms with Crippen molar-refractivity contribution in [2.24, 2.45) is 5.92 Å². The van der Waals surface area contributed by atoms with Gasteiger partial charge in [-0.25, -0.2) is 4.98 Å². The van der Waals surface area contributed by atoms with Crippen LogP contribution in [0.2, 0.25) is 0 Å². The van der Waals surface area contributed by atoms with Crippen molar-refractivity contribution in [2.75, 3.05) is 36.5 Å². The average Bonchev–Trinajstić information content (AvgIpc) is 2.45. The van der Waals surface area contributed by atoms with Crippen LogP contribution in [0.25, 0.3) is 0 Å². The molecule has 5 heteroatoms. The Morgan fingerprint density at radius 3 is 3.17 bits per heavy atom. The van der Waals surface area contributed by atoms with Crippen LogP contribution in [0, 0.1) is 5.92 Å². The van der Waals surface area contributed by atoms with E-state index < -0.39 is 0 Å². The third-order valence-electron chi connectivity index (χ3n) is 3.28. The predicted octanol–water partition coefficient (Wildman–Crippen LogP) is 1.51. The fourth-order valence-corrected chi connectivity index (χ4v) is 2.27. The van der Waals surface area contributed by atoms with Crippen LogP contribution >= 0.6 is 0 Å².